The largest absolute Gasteiger partial charge is 0.494 e. The van der Waals surface area contributed by atoms with Gasteiger partial charge in [-0.05, 0) is 81.0 Å². The number of carbonyl (C=O) groups excluding carboxylic acids is 1. The van der Waals surface area contributed by atoms with Crippen molar-refractivity contribution in [1.29, 1.82) is 5.26 Å². The smallest absolute Gasteiger partial charge is 0.436 e. The van der Waals surface area contributed by atoms with Gasteiger partial charge in [-0.2, -0.15) is 5.26 Å². The van der Waals surface area contributed by atoms with Gasteiger partial charge in [0.05, 0.1) is 22.8 Å². The summed E-state index contributed by atoms with van der Waals surface area (Å²) in [6.45, 7) is 12.6. The summed E-state index contributed by atoms with van der Waals surface area (Å²) in [7, 11) is -0.413. The first kappa shape index (κ1) is 26.7. The molecule has 0 bridgehead atoms. The summed E-state index contributed by atoms with van der Waals surface area (Å²) < 4.78 is 18.3. The third-order valence-corrected chi connectivity index (χ3v) is 7.62. The normalized spacial score (nSPS) is 16.0. The number of amides is 1. The maximum atomic E-state index is 12.8. The lowest BCUT2D eigenvalue weighted by molar-refractivity contribution is 0.00578. The SMILES string of the molecule is CC(C)c1cc(C#N)cc2nc(-c3ccc(C(=O)NCc4ccc(B5OC(C)(C)C(C)(C)O5)cc4)cc3)oc12. The zero-order valence-corrected chi connectivity index (χ0v) is 23.2. The van der Waals surface area contributed by atoms with Gasteiger partial charge in [-0.1, -0.05) is 38.1 Å². The maximum Gasteiger partial charge on any atom is 0.494 e. The lowest BCUT2D eigenvalue weighted by atomic mass is 9.79. The number of aromatic nitrogens is 1. The second-order valence-corrected chi connectivity index (χ2v) is 11.3. The number of hydrogen-bond donors (Lipinski definition) is 1. The third-order valence-electron chi connectivity index (χ3n) is 7.62. The van der Waals surface area contributed by atoms with Crippen LogP contribution in [0, 0.1) is 11.3 Å². The molecule has 0 unspecified atom stereocenters. The first-order chi connectivity index (χ1) is 18.5. The average molecular weight is 521 g/mol. The second-order valence-electron chi connectivity index (χ2n) is 11.3. The molecule has 0 spiro atoms. The highest BCUT2D eigenvalue weighted by molar-refractivity contribution is 6.62. The molecule has 0 saturated carbocycles. The molecule has 4 aromatic rings. The first-order valence-corrected chi connectivity index (χ1v) is 13.1. The van der Waals surface area contributed by atoms with Gasteiger partial charge in [0.15, 0.2) is 5.58 Å². The second kappa shape index (κ2) is 9.99. The van der Waals surface area contributed by atoms with Gasteiger partial charge in [0.1, 0.15) is 5.52 Å². The zero-order chi connectivity index (χ0) is 27.9. The summed E-state index contributed by atoms with van der Waals surface area (Å²) in [5.74, 6) is 0.471. The molecule has 1 saturated heterocycles. The van der Waals surface area contributed by atoms with Crippen LogP contribution in [0.15, 0.2) is 65.1 Å². The lowest BCUT2D eigenvalue weighted by Crippen LogP contribution is -2.41. The van der Waals surface area contributed by atoms with Crippen LogP contribution in [-0.4, -0.2) is 29.2 Å². The number of nitriles is 1. The molecule has 1 aliphatic rings. The Morgan fingerprint density at radius 1 is 1.00 bits per heavy atom. The highest BCUT2D eigenvalue weighted by Crippen LogP contribution is 2.36. The van der Waals surface area contributed by atoms with Crippen molar-refractivity contribution >= 4 is 29.6 Å². The number of rotatable bonds is 6. The van der Waals surface area contributed by atoms with Gasteiger partial charge in [-0.3, -0.25) is 4.79 Å². The Labute approximate surface area is 229 Å². The first-order valence-electron chi connectivity index (χ1n) is 13.1. The molecule has 1 aliphatic heterocycles. The quantitative estimate of drug-likeness (QED) is 0.326. The zero-order valence-electron chi connectivity index (χ0n) is 23.2. The fourth-order valence-corrected chi connectivity index (χ4v) is 4.50. The van der Waals surface area contributed by atoms with Crippen molar-refractivity contribution in [2.45, 2.75) is 65.2 Å². The fraction of sp³-hybridized carbons (Fsp3) is 0.323. The molecule has 1 N–H and O–H groups in total. The van der Waals surface area contributed by atoms with Crippen molar-refractivity contribution in [1.82, 2.24) is 10.3 Å². The van der Waals surface area contributed by atoms with Gasteiger partial charge in [-0.15, -0.1) is 0 Å². The standard InChI is InChI=1S/C31H32BN3O4/c1-19(2)25-15-21(17-33)16-26-27(25)37-29(35-26)23-11-9-22(10-12-23)28(36)34-18-20-7-13-24(14-8-20)32-38-30(3,4)31(5,6)39-32/h7-16,19H,18H2,1-6H3,(H,34,36). The van der Waals surface area contributed by atoms with Crippen molar-refractivity contribution in [3.05, 3.63) is 82.9 Å². The molecular weight excluding hydrogens is 489 g/mol. The minimum absolute atomic E-state index is 0.171. The summed E-state index contributed by atoms with van der Waals surface area (Å²) in [6.07, 6.45) is 0. The van der Waals surface area contributed by atoms with E-state index < -0.39 is 18.3 Å². The molecule has 198 valence electrons. The van der Waals surface area contributed by atoms with Crippen molar-refractivity contribution in [3.8, 4) is 17.5 Å². The molecule has 1 fully saturated rings. The number of oxazole rings is 1. The van der Waals surface area contributed by atoms with Gasteiger partial charge >= 0.3 is 7.12 Å². The Morgan fingerprint density at radius 2 is 1.64 bits per heavy atom. The Morgan fingerprint density at radius 3 is 2.23 bits per heavy atom. The van der Waals surface area contributed by atoms with Crippen molar-refractivity contribution in [2.24, 2.45) is 0 Å². The van der Waals surface area contributed by atoms with Gasteiger partial charge < -0.3 is 19.0 Å². The maximum absolute atomic E-state index is 12.8. The van der Waals surface area contributed by atoms with Crippen LogP contribution >= 0.6 is 0 Å². The summed E-state index contributed by atoms with van der Waals surface area (Å²) in [5.41, 5.74) is 5.28. The Hall–Kier alpha value is -3.93. The molecule has 0 atom stereocenters. The van der Waals surface area contributed by atoms with E-state index in [0.29, 0.717) is 34.7 Å². The topological polar surface area (TPSA) is 97.4 Å². The molecule has 2 heterocycles. The van der Waals surface area contributed by atoms with E-state index >= 15 is 0 Å². The Kier molecular flexibility index (Phi) is 6.83. The van der Waals surface area contributed by atoms with Crippen molar-refractivity contribution in [3.63, 3.8) is 0 Å². The van der Waals surface area contributed by atoms with Crippen LogP contribution in [0.4, 0.5) is 0 Å². The molecule has 0 aliphatic carbocycles. The summed E-state index contributed by atoms with van der Waals surface area (Å²) in [4.78, 5) is 17.4. The number of nitrogens with zero attached hydrogens (tertiary/aromatic N) is 2. The van der Waals surface area contributed by atoms with E-state index in [1.807, 2.05) is 70.2 Å². The van der Waals surface area contributed by atoms with Crippen LogP contribution in [-0.2, 0) is 15.9 Å². The summed E-state index contributed by atoms with van der Waals surface area (Å²) >= 11 is 0. The minimum Gasteiger partial charge on any atom is -0.436 e. The monoisotopic (exact) mass is 521 g/mol. The van der Waals surface area contributed by atoms with E-state index in [4.69, 9.17) is 13.7 Å². The number of benzene rings is 3. The number of nitrogens with one attached hydrogen (secondary N) is 1. The number of fused-ring (bicyclic) bond motifs is 1. The van der Waals surface area contributed by atoms with E-state index in [0.717, 1.165) is 22.2 Å². The minimum atomic E-state index is -0.413. The van der Waals surface area contributed by atoms with Gasteiger partial charge in [0.2, 0.25) is 5.89 Å². The van der Waals surface area contributed by atoms with Crippen LogP contribution in [0.5, 0.6) is 0 Å². The fourth-order valence-electron chi connectivity index (χ4n) is 4.50. The van der Waals surface area contributed by atoms with Gasteiger partial charge in [0.25, 0.3) is 5.91 Å². The highest BCUT2D eigenvalue weighted by Gasteiger charge is 2.51. The van der Waals surface area contributed by atoms with E-state index in [-0.39, 0.29) is 11.8 Å². The van der Waals surface area contributed by atoms with Gasteiger partial charge in [-0.25, -0.2) is 4.98 Å². The average Bonchev–Trinajstić information content (AvgIpc) is 3.43. The van der Waals surface area contributed by atoms with Crippen molar-refractivity contribution < 1.29 is 18.5 Å². The van der Waals surface area contributed by atoms with Crippen LogP contribution in [0.3, 0.4) is 0 Å². The predicted octanol–water partition coefficient (Wildman–Crippen LogP) is 5.72. The van der Waals surface area contributed by atoms with E-state index in [1.54, 1.807) is 18.2 Å². The van der Waals surface area contributed by atoms with Crippen LogP contribution in [0.25, 0.3) is 22.6 Å². The molecule has 8 heteroatoms. The molecule has 0 radical (unpaired) electrons. The molecular formula is C31H32BN3O4. The molecule has 5 rings (SSSR count). The van der Waals surface area contributed by atoms with Crippen LogP contribution in [0.2, 0.25) is 0 Å². The molecule has 3 aromatic carbocycles. The number of carbonyl (C=O) groups is 1. The Bertz CT molecular complexity index is 1550. The van der Waals surface area contributed by atoms with Crippen molar-refractivity contribution in [2.75, 3.05) is 0 Å². The Balaban J connectivity index is 1.24. The molecule has 1 aromatic heterocycles. The van der Waals surface area contributed by atoms with E-state index in [2.05, 4.69) is 30.2 Å². The highest BCUT2D eigenvalue weighted by atomic mass is 16.7. The predicted molar refractivity (Wildman–Crippen MR) is 152 cm³/mol. The molecule has 39 heavy (non-hydrogen) atoms. The lowest BCUT2D eigenvalue weighted by Gasteiger charge is -2.32. The summed E-state index contributed by atoms with van der Waals surface area (Å²) in [5, 5.41) is 12.3. The van der Waals surface area contributed by atoms with Crippen LogP contribution in [0.1, 0.15) is 74.5 Å². The molecule has 7 nitrogen and oxygen atoms in total. The van der Waals surface area contributed by atoms with E-state index in [9.17, 15) is 10.1 Å². The number of hydrogen-bond acceptors (Lipinski definition) is 6. The summed E-state index contributed by atoms with van der Waals surface area (Å²) in [6, 6.07) is 20.8. The third kappa shape index (κ3) is 5.20. The molecule has 1 amide bonds. The van der Waals surface area contributed by atoms with Crippen LogP contribution < -0.4 is 10.8 Å². The van der Waals surface area contributed by atoms with Gasteiger partial charge in [0, 0.05) is 23.2 Å². The van der Waals surface area contributed by atoms with E-state index in [1.165, 1.54) is 0 Å².